The molecule has 2 aromatic carbocycles. The quantitative estimate of drug-likeness (QED) is 0.639. The van der Waals surface area contributed by atoms with Crippen LogP contribution in [0.15, 0.2) is 65.6 Å². The number of benzene rings is 2. The van der Waals surface area contributed by atoms with Gasteiger partial charge in [0, 0.05) is 43.7 Å². The number of piperazine rings is 1. The molecule has 3 aromatic rings. The average Bonchev–Trinajstić information content (AvgIpc) is 3.08. The Balaban J connectivity index is 1.79. The van der Waals surface area contributed by atoms with Gasteiger partial charge in [-0.1, -0.05) is 36.4 Å². The number of hydrogen-bond donors (Lipinski definition) is 0. The molecule has 4 nitrogen and oxygen atoms in total. The SMILES string of the molecule is C=CCN1CCN(c2c(-c3ccccc3)oc3ccc(OC)cc23)CC1. The summed E-state index contributed by atoms with van der Waals surface area (Å²) in [5.41, 5.74) is 3.17. The highest BCUT2D eigenvalue weighted by Gasteiger charge is 2.25. The molecule has 4 rings (SSSR count). The Morgan fingerprint density at radius 3 is 2.54 bits per heavy atom. The van der Waals surface area contributed by atoms with Crippen LogP contribution in [0.1, 0.15) is 0 Å². The fourth-order valence-corrected chi connectivity index (χ4v) is 3.63. The number of furan rings is 1. The van der Waals surface area contributed by atoms with E-state index in [4.69, 9.17) is 9.15 Å². The lowest BCUT2D eigenvalue weighted by Gasteiger charge is -2.35. The lowest BCUT2D eigenvalue weighted by atomic mass is 10.1. The van der Waals surface area contributed by atoms with Crippen LogP contribution in [0.3, 0.4) is 0 Å². The lowest BCUT2D eigenvalue weighted by molar-refractivity contribution is 0.284. The molecule has 0 aliphatic carbocycles. The second-order valence-corrected chi connectivity index (χ2v) is 6.58. The van der Waals surface area contributed by atoms with Gasteiger partial charge >= 0.3 is 0 Å². The van der Waals surface area contributed by atoms with Crippen LogP contribution in [0.25, 0.3) is 22.3 Å². The maximum Gasteiger partial charge on any atom is 0.158 e. The minimum absolute atomic E-state index is 0.851. The first-order valence-electron chi connectivity index (χ1n) is 9.04. The molecule has 0 bridgehead atoms. The first kappa shape index (κ1) is 16.7. The van der Waals surface area contributed by atoms with E-state index in [2.05, 4.69) is 46.7 Å². The van der Waals surface area contributed by atoms with Crippen LogP contribution in [0, 0.1) is 0 Å². The summed E-state index contributed by atoms with van der Waals surface area (Å²) in [6.07, 6.45) is 1.98. The van der Waals surface area contributed by atoms with Crippen LogP contribution in [0.5, 0.6) is 5.75 Å². The fourth-order valence-electron chi connectivity index (χ4n) is 3.63. The predicted molar refractivity (Wildman–Crippen MR) is 107 cm³/mol. The van der Waals surface area contributed by atoms with Gasteiger partial charge in [-0.2, -0.15) is 0 Å². The van der Waals surface area contributed by atoms with Crippen LogP contribution >= 0.6 is 0 Å². The molecule has 0 N–H and O–H groups in total. The first-order chi connectivity index (χ1) is 12.8. The molecule has 2 heterocycles. The average molecular weight is 348 g/mol. The monoisotopic (exact) mass is 348 g/mol. The van der Waals surface area contributed by atoms with Crippen LogP contribution in [-0.2, 0) is 0 Å². The van der Waals surface area contributed by atoms with Gasteiger partial charge in [0.25, 0.3) is 0 Å². The van der Waals surface area contributed by atoms with Crippen molar-refractivity contribution in [3.63, 3.8) is 0 Å². The molecule has 1 aliphatic rings. The van der Waals surface area contributed by atoms with E-state index in [1.54, 1.807) is 7.11 Å². The molecule has 4 heteroatoms. The minimum Gasteiger partial charge on any atom is -0.497 e. The summed E-state index contributed by atoms with van der Waals surface area (Å²) in [6, 6.07) is 16.4. The van der Waals surface area contributed by atoms with Gasteiger partial charge in [-0.05, 0) is 18.2 Å². The Hall–Kier alpha value is -2.72. The number of nitrogens with zero attached hydrogens (tertiary/aromatic N) is 2. The Morgan fingerprint density at radius 1 is 1.08 bits per heavy atom. The van der Waals surface area contributed by atoms with Gasteiger partial charge < -0.3 is 14.1 Å². The third-order valence-electron chi connectivity index (χ3n) is 4.98. The number of fused-ring (bicyclic) bond motifs is 1. The Bertz CT molecular complexity index is 893. The van der Waals surface area contributed by atoms with Crippen molar-refractivity contribution in [1.29, 1.82) is 0 Å². The lowest BCUT2D eigenvalue weighted by Crippen LogP contribution is -2.46. The summed E-state index contributed by atoms with van der Waals surface area (Å²) in [5.74, 6) is 1.79. The molecule has 0 spiro atoms. The second-order valence-electron chi connectivity index (χ2n) is 6.58. The van der Waals surface area contributed by atoms with E-state index in [1.165, 1.54) is 5.69 Å². The Labute approximate surface area is 154 Å². The van der Waals surface area contributed by atoms with Crippen LogP contribution in [0.4, 0.5) is 5.69 Å². The van der Waals surface area contributed by atoms with E-state index in [-0.39, 0.29) is 0 Å². The summed E-state index contributed by atoms with van der Waals surface area (Å²) in [5, 5.41) is 1.11. The molecule has 134 valence electrons. The molecule has 0 amide bonds. The third kappa shape index (κ3) is 3.08. The van der Waals surface area contributed by atoms with Crippen molar-refractivity contribution in [3.05, 3.63) is 61.2 Å². The van der Waals surface area contributed by atoms with Crippen molar-refractivity contribution >= 4 is 16.7 Å². The van der Waals surface area contributed by atoms with E-state index < -0.39 is 0 Å². The van der Waals surface area contributed by atoms with Crippen molar-refractivity contribution in [1.82, 2.24) is 4.90 Å². The topological polar surface area (TPSA) is 28.9 Å². The maximum atomic E-state index is 6.29. The summed E-state index contributed by atoms with van der Waals surface area (Å²) < 4.78 is 11.7. The molecule has 1 fully saturated rings. The normalized spacial score (nSPS) is 15.3. The molecule has 0 saturated carbocycles. The van der Waals surface area contributed by atoms with Crippen molar-refractivity contribution in [2.24, 2.45) is 0 Å². The zero-order chi connectivity index (χ0) is 17.9. The molecular formula is C22H24N2O2. The van der Waals surface area contributed by atoms with E-state index in [9.17, 15) is 0 Å². The highest BCUT2D eigenvalue weighted by Crippen LogP contribution is 2.42. The van der Waals surface area contributed by atoms with E-state index in [1.807, 2.05) is 24.3 Å². The number of hydrogen-bond acceptors (Lipinski definition) is 4. The van der Waals surface area contributed by atoms with E-state index in [0.717, 1.165) is 60.8 Å². The number of methoxy groups -OCH3 is 1. The van der Waals surface area contributed by atoms with Crippen LogP contribution in [0.2, 0.25) is 0 Å². The minimum atomic E-state index is 0.851. The van der Waals surface area contributed by atoms with Gasteiger partial charge in [-0.15, -0.1) is 6.58 Å². The maximum absolute atomic E-state index is 6.29. The molecular weight excluding hydrogens is 324 g/mol. The smallest absolute Gasteiger partial charge is 0.158 e. The van der Waals surface area contributed by atoms with E-state index in [0.29, 0.717) is 0 Å². The van der Waals surface area contributed by atoms with Gasteiger partial charge in [-0.25, -0.2) is 0 Å². The van der Waals surface area contributed by atoms with Crippen LogP contribution in [-0.4, -0.2) is 44.7 Å². The predicted octanol–water partition coefficient (Wildman–Crippen LogP) is 4.42. The molecule has 26 heavy (non-hydrogen) atoms. The highest BCUT2D eigenvalue weighted by atomic mass is 16.5. The summed E-state index contributed by atoms with van der Waals surface area (Å²) in [6.45, 7) is 8.79. The van der Waals surface area contributed by atoms with Gasteiger partial charge in [0.1, 0.15) is 11.3 Å². The number of ether oxygens (including phenoxy) is 1. The fraction of sp³-hybridized carbons (Fsp3) is 0.273. The van der Waals surface area contributed by atoms with Gasteiger partial charge in [0.05, 0.1) is 12.8 Å². The van der Waals surface area contributed by atoms with Gasteiger partial charge in [-0.3, -0.25) is 4.90 Å². The summed E-state index contributed by atoms with van der Waals surface area (Å²) in [7, 11) is 1.70. The standard InChI is InChI=1S/C22H24N2O2/c1-3-11-23-12-14-24(15-13-23)21-19-16-18(25-2)9-10-20(19)26-22(21)17-7-5-4-6-8-17/h3-10,16H,1,11-15H2,2H3. The Kier molecular flexibility index (Phi) is 4.67. The third-order valence-corrected chi connectivity index (χ3v) is 4.98. The zero-order valence-corrected chi connectivity index (χ0v) is 15.1. The van der Waals surface area contributed by atoms with E-state index >= 15 is 0 Å². The van der Waals surface area contributed by atoms with Gasteiger partial charge in [0.15, 0.2) is 5.76 Å². The molecule has 0 radical (unpaired) electrons. The molecule has 0 unspecified atom stereocenters. The molecule has 0 atom stereocenters. The van der Waals surface area contributed by atoms with Crippen molar-refractivity contribution in [2.45, 2.75) is 0 Å². The summed E-state index contributed by atoms with van der Waals surface area (Å²) in [4.78, 5) is 4.86. The van der Waals surface area contributed by atoms with Crippen molar-refractivity contribution < 1.29 is 9.15 Å². The Morgan fingerprint density at radius 2 is 1.85 bits per heavy atom. The van der Waals surface area contributed by atoms with Gasteiger partial charge in [0.2, 0.25) is 0 Å². The van der Waals surface area contributed by atoms with Crippen molar-refractivity contribution in [3.8, 4) is 17.1 Å². The second kappa shape index (κ2) is 7.26. The molecule has 1 aliphatic heterocycles. The molecule has 1 saturated heterocycles. The highest BCUT2D eigenvalue weighted by molar-refractivity contribution is 6.00. The molecule has 1 aromatic heterocycles. The summed E-state index contributed by atoms with van der Waals surface area (Å²) >= 11 is 0. The largest absolute Gasteiger partial charge is 0.497 e. The first-order valence-corrected chi connectivity index (χ1v) is 9.04. The number of rotatable bonds is 5. The van der Waals surface area contributed by atoms with Crippen LogP contribution < -0.4 is 9.64 Å². The van der Waals surface area contributed by atoms with Crippen molar-refractivity contribution in [2.75, 3.05) is 44.7 Å². The zero-order valence-electron chi connectivity index (χ0n) is 15.1. The number of anilines is 1.